The first-order valence-corrected chi connectivity index (χ1v) is 12.5. The van der Waals surface area contributed by atoms with E-state index in [1.165, 1.54) is 35.1 Å². The SMILES string of the molecule is O=C(O)C(CCCCB(O)O)C1CCN(C2CCCc3cc(-c4ccccc4)ccc32)CC1. The Hall–Kier alpha value is -2.15. The van der Waals surface area contributed by atoms with Crippen LogP contribution in [-0.4, -0.2) is 46.2 Å². The number of carboxylic acid groups (broad SMARTS) is 1. The molecule has 1 aliphatic heterocycles. The van der Waals surface area contributed by atoms with Crippen molar-refractivity contribution in [2.45, 2.75) is 63.7 Å². The van der Waals surface area contributed by atoms with Crippen LogP contribution in [0.1, 0.15) is 62.1 Å². The quantitative estimate of drug-likeness (QED) is 0.379. The first kappa shape index (κ1) is 24.0. The Morgan fingerprint density at radius 3 is 2.45 bits per heavy atom. The molecule has 0 amide bonds. The van der Waals surface area contributed by atoms with E-state index < -0.39 is 13.1 Å². The average Bonchev–Trinajstić information content (AvgIpc) is 2.83. The van der Waals surface area contributed by atoms with E-state index in [0.29, 0.717) is 25.2 Å². The number of hydrogen-bond acceptors (Lipinski definition) is 4. The highest BCUT2D eigenvalue weighted by atomic mass is 16.4. The highest BCUT2D eigenvalue weighted by Crippen LogP contribution is 2.39. The molecule has 2 aromatic rings. The molecular weight excluding hydrogens is 413 g/mol. The van der Waals surface area contributed by atoms with E-state index in [-0.39, 0.29) is 11.8 Å². The molecule has 33 heavy (non-hydrogen) atoms. The lowest BCUT2D eigenvalue weighted by molar-refractivity contribution is -0.144. The zero-order valence-electron chi connectivity index (χ0n) is 19.4. The summed E-state index contributed by atoms with van der Waals surface area (Å²) in [6.07, 6.45) is 7.68. The van der Waals surface area contributed by atoms with Gasteiger partial charge < -0.3 is 15.2 Å². The zero-order chi connectivity index (χ0) is 23.2. The van der Waals surface area contributed by atoms with Crippen LogP contribution in [0.15, 0.2) is 48.5 Å². The number of hydrogen-bond donors (Lipinski definition) is 3. The van der Waals surface area contributed by atoms with Gasteiger partial charge in [0.2, 0.25) is 0 Å². The second-order valence-corrected chi connectivity index (χ2v) is 9.77. The monoisotopic (exact) mass is 449 g/mol. The molecule has 1 heterocycles. The van der Waals surface area contributed by atoms with Crippen LogP contribution >= 0.6 is 0 Å². The smallest absolute Gasteiger partial charge is 0.451 e. The van der Waals surface area contributed by atoms with Gasteiger partial charge in [0.1, 0.15) is 0 Å². The van der Waals surface area contributed by atoms with Crippen molar-refractivity contribution >= 4 is 13.1 Å². The van der Waals surface area contributed by atoms with Crippen LogP contribution in [-0.2, 0) is 11.2 Å². The maximum Gasteiger partial charge on any atom is 0.451 e. The molecule has 0 saturated carbocycles. The molecule has 2 aliphatic rings. The Balaban J connectivity index is 1.37. The topological polar surface area (TPSA) is 81.0 Å². The Morgan fingerprint density at radius 2 is 1.76 bits per heavy atom. The van der Waals surface area contributed by atoms with Crippen LogP contribution in [0.4, 0.5) is 0 Å². The van der Waals surface area contributed by atoms with Crippen molar-refractivity contribution in [2.24, 2.45) is 11.8 Å². The van der Waals surface area contributed by atoms with E-state index >= 15 is 0 Å². The van der Waals surface area contributed by atoms with Crippen molar-refractivity contribution in [1.29, 1.82) is 0 Å². The summed E-state index contributed by atoms with van der Waals surface area (Å²) < 4.78 is 0. The zero-order valence-corrected chi connectivity index (χ0v) is 19.4. The predicted octanol–water partition coefficient (Wildman–Crippen LogP) is 4.79. The van der Waals surface area contributed by atoms with Gasteiger partial charge in [-0.15, -0.1) is 0 Å². The molecule has 2 aromatic carbocycles. The lowest BCUT2D eigenvalue weighted by atomic mass is 9.78. The predicted molar refractivity (Wildman–Crippen MR) is 132 cm³/mol. The number of fused-ring (bicyclic) bond motifs is 1. The molecule has 6 heteroatoms. The highest BCUT2D eigenvalue weighted by Gasteiger charge is 2.34. The number of nitrogens with zero attached hydrogens (tertiary/aromatic N) is 1. The number of carboxylic acids is 1. The molecule has 2 atom stereocenters. The number of piperidine rings is 1. The minimum absolute atomic E-state index is 0.210. The van der Waals surface area contributed by atoms with E-state index in [0.717, 1.165) is 38.8 Å². The minimum Gasteiger partial charge on any atom is -0.481 e. The van der Waals surface area contributed by atoms with Crippen molar-refractivity contribution in [2.75, 3.05) is 13.1 Å². The number of benzene rings is 2. The van der Waals surface area contributed by atoms with E-state index in [1.807, 2.05) is 0 Å². The average molecular weight is 449 g/mol. The van der Waals surface area contributed by atoms with Crippen molar-refractivity contribution in [3.63, 3.8) is 0 Å². The molecular formula is C27H36BNO4. The van der Waals surface area contributed by atoms with Gasteiger partial charge in [-0.3, -0.25) is 9.69 Å². The van der Waals surface area contributed by atoms with Gasteiger partial charge >= 0.3 is 13.1 Å². The van der Waals surface area contributed by atoms with Gasteiger partial charge in [-0.05, 0) is 86.1 Å². The number of aryl methyl sites for hydroxylation is 1. The van der Waals surface area contributed by atoms with Crippen LogP contribution in [0.5, 0.6) is 0 Å². The molecule has 4 rings (SSSR count). The number of carbonyl (C=O) groups is 1. The fourth-order valence-corrected chi connectivity index (χ4v) is 5.86. The third-order valence-corrected chi connectivity index (χ3v) is 7.66. The molecule has 1 fully saturated rings. The van der Waals surface area contributed by atoms with Crippen LogP contribution in [0.25, 0.3) is 11.1 Å². The van der Waals surface area contributed by atoms with Gasteiger partial charge in [0.25, 0.3) is 0 Å². The lowest BCUT2D eigenvalue weighted by Crippen LogP contribution is -2.41. The van der Waals surface area contributed by atoms with Crippen molar-refractivity contribution in [3.05, 3.63) is 59.7 Å². The van der Waals surface area contributed by atoms with Crippen molar-refractivity contribution in [3.8, 4) is 11.1 Å². The molecule has 1 aliphatic carbocycles. The second kappa shape index (κ2) is 11.3. The summed E-state index contributed by atoms with van der Waals surface area (Å²) >= 11 is 0. The van der Waals surface area contributed by atoms with Gasteiger partial charge in [-0.1, -0.05) is 61.4 Å². The van der Waals surface area contributed by atoms with Gasteiger partial charge in [-0.2, -0.15) is 0 Å². The summed E-state index contributed by atoms with van der Waals surface area (Å²) in [4.78, 5) is 14.5. The van der Waals surface area contributed by atoms with Crippen molar-refractivity contribution in [1.82, 2.24) is 4.90 Å². The first-order chi connectivity index (χ1) is 16.0. The molecule has 0 bridgehead atoms. The summed E-state index contributed by atoms with van der Waals surface area (Å²) in [6.45, 7) is 1.91. The third-order valence-electron chi connectivity index (χ3n) is 7.66. The Kier molecular flexibility index (Phi) is 8.23. The minimum atomic E-state index is -1.29. The summed E-state index contributed by atoms with van der Waals surface area (Å²) in [5.74, 6) is -0.814. The maximum absolute atomic E-state index is 11.9. The standard InChI is InChI=1S/C27H36BNO4/c30-27(31)25(10-4-5-16-28(32)33)21-14-17-29(18-15-21)26-11-6-9-23-19-22(12-13-24(23)26)20-7-2-1-3-8-20/h1-3,7-8,12-13,19,21,25-26,32-33H,4-6,9-11,14-18H2,(H,30,31). The maximum atomic E-state index is 11.9. The highest BCUT2D eigenvalue weighted by molar-refractivity contribution is 6.40. The van der Waals surface area contributed by atoms with Gasteiger partial charge in [0.15, 0.2) is 0 Å². The van der Waals surface area contributed by atoms with Crippen LogP contribution in [0, 0.1) is 11.8 Å². The molecule has 0 spiro atoms. The van der Waals surface area contributed by atoms with Gasteiger partial charge in [0.05, 0.1) is 5.92 Å². The Bertz CT molecular complexity index is 912. The second-order valence-electron chi connectivity index (χ2n) is 9.77. The number of likely N-dealkylation sites (tertiary alicyclic amines) is 1. The molecule has 5 nitrogen and oxygen atoms in total. The van der Waals surface area contributed by atoms with E-state index in [2.05, 4.69) is 53.4 Å². The molecule has 0 aromatic heterocycles. The summed E-state index contributed by atoms with van der Waals surface area (Å²) in [5, 5.41) is 27.8. The van der Waals surface area contributed by atoms with E-state index in [1.54, 1.807) is 0 Å². The van der Waals surface area contributed by atoms with Gasteiger partial charge in [-0.25, -0.2) is 0 Å². The first-order valence-electron chi connectivity index (χ1n) is 12.5. The van der Waals surface area contributed by atoms with Crippen molar-refractivity contribution < 1.29 is 19.9 Å². The van der Waals surface area contributed by atoms with Crippen LogP contribution in [0.3, 0.4) is 0 Å². The summed E-state index contributed by atoms with van der Waals surface area (Å²) in [6, 6.07) is 17.9. The van der Waals surface area contributed by atoms with E-state index in [9.17, 15) is 9.90 Å². The summed E-state index contributed by atoms with van der Waals surface area (Å²) in [7, 11) is -1.29. The number of rotatable bonds is 9. The van der Waals surface area contributed by atoms with Crippen LogP contribution < -0.4 is 0 Å². The molecule has 176 valence electrons. The van der Waals surface area contributed by atoms with Gasteiger partial charge in [0, 0.05) is 6.04 Å². The lowest BCUT2D eigenvalue weighted by Gasteiger charge is -2.41. The van der Waals surface area contributed by atoms with Crippen LogP contribution in [0.2, 0.25) is 6.32 Å². The Morgan fingerprint density at radius 1 is 1.00 bits per heavy atom. The fourth-order valence-electron chi connectivity index (χ4n) is 5.86. The normalized spacial score (nSPS) is 20.2. The molecule has 3 N–H and O–H groups in total. The largest absolute Gasteiger partial charge is 0.481 e. The fraction of sp³-hybridized carbons (Fsp3) is 0.519. The Labute approximate surface area is 197 Å². The number of unbranched alkanes of at least 4 members (excludes halogenated alkanes) is 1. The molecule has 1 saturated heterocycles. The number of aliphatic carboxylic acids is 1. The summed E-state index contributed by atoms with van der Waals surface area (Å²) in [5.41, 5.74) is 5.46. The molecule has 0 radical (unpaired) electrons. The van der Waals surface area contributed by atoms with E-state index in [4.69, 9.17) is 10.0 Å². The third kappa shape index (κ3) is 6.05. The molecule has 2 unspecified atom stereocenters.